The summed E-state index contributed by atoms with van der Waals surface area (Å²) in [6.45, 7) is 12.5. The molecule has 6 nitrogen and oxygen atoms in total. The first-order valence-corrected chi connectivity index (χ1v) is 9.83. The summed E-state index contributed by atoms with van der Waals surface area (Å²) < 4.78 is 11.1. The Bertz CT molecular complexity index is 580. The number of ether oxygens (including phenoxy) is 2. The van der Waals surface area contributed by atoms with Gasteiger partial charge in [0, 0.05) is 32.2 Å². The molecule has 0 saturated carbocycles. The van der Waals surface area contributed by atoms with E-state index in [0.29, 0.717) is 12.6 Å². The lowest BCUT2D eigenvalue weighted by molar-refractivity contribution is 0.223. The molecular weight excluding hydrogens is 340 g/mol. The third-order valence-corrected chi connectivity index (χ3v) is 4.56. The van der Waals surface area contributed by atoms with Crippen LogP contribution in [0.4, 0.5) is 0 Å². The second-order valence-electron chi connectivity index (χ2n) is 6.83. The topological polar surface area (TPSA) is 58.1 Å². The molecule has 1 unspecified atom stereocenters. The fourth-order valence-corrected chi connectivity index (χ4v) is 3.10. The zero-order chi connectivity index (χ0) is 19.5. The molecule has 150 valence electrons. The third kappa shape index (κ3) is 7.51. The van der Waals surface area contributed by atoms with Gasteiger partial charge in [0.05, 0.1) is 13.7 Å². The fraction of sp³-hybridized carbons (Fsp3) is 0.571. The zero-order valence-corrected chi connectivity index (χ0v) is 16.9. The monoisotopic (exact) mass is 374 g/mol. The molecule has 2 rings (SSSR count). The van der Waals surface area contributed by atoms with Crippen molar-refractivity contribution in [1.82, 2.24) is 15.5 Å². The average molecular weight is 375 g/mol. The molecule has 1 aliphatic heterocycles. The van der Waals surface area contributed by atoms with Crippen molar-refractivity contribution < 1.29 is 9.47 Å². The first kappa shape index (κ1) is 21.1. The Morgan fingerprint density at radius 3 is 2.56 bits per heavy atom. The number of methoxy groups -OCH3 is 1. The van der Waals surface area contributed by atoms with Gasteiger partial charge in [-0.05, 0) is 51.0 Å². The molecule has 1 atom stereocenters. The van der Waals surface area contributed by atoms with Crippen LogP contribution in [0.2, 0.25) is 0 Å². The van der Waals surface area contributed by atoms with Gasteiger partial charge in [-0.3, -0.25) is 4.90 Å². The van der Waals surface area contributed by atoms with Crippen molar-refractivity contribution in [1.29, 1.82) is 0 Å². The summed E-state index contributed by atoms with van der Waals surface area (Å²) >= 11 is 0. The molecule has 0 aromatic heterocycles. The van der Waals surface area contributed by atoms with Crippen LogP contribution >= 0.6 is 0 Å². The molecular formula is C21H34N4O2. The number of rotatable bonds is 9. The highest BCUT2D eigenvalue weighted by molar-refractivity contribution is 5.80. The largest absolute Gasteiger partial charge is 0.497 e. The standard InChI is InChI=1S/C21H34N4O2/c1-5-13-25-14-11-18(12-15-25)24-21(22-6-2)23-16-17(3)27-20-9-7-19(26-4)8-10-20/h5,7-10,17-18H,1,6,11-16H2,2-4H3,(H2,22,23,24). The number of piperidine rings is 1. The Morgan fingerprint density at radius 1 is 1.30 bits per heavy atom. The summed E-state index contributed by atoms with van der Waals surface area (Å²) in [7, 11) is 1.66. The lowest BCUT2D eigenvalue weighted by atomic mass is 10.1. The van der Waals surface area contributed by atoms with Gasteiger partial charge < -0.3 is 20.1 Å². The summed E-state index contributed by atoms with van der Waals surface area (Å²) in [5.41, 5.74) is 0. The summed E-state index contributed by atoms with van der Waals surface area (Å²) in [5.74, 6) is 2.52. The van der Waals surface area contributed by atoms with E-state index in [1.165, 1.54) is 0 Å². The summed E-state index contributed by atoms with van der Waals surface area (Å²) in [6.07, 6.45) is 4.21. The van der Waals surface area contributed by atoms with E-state index in [1.807, 2.05) is 37.3 Å². The van der Waals surface area contributed by atoms with Gasteiger partial charge in [0.15, 0.2) is 5.96 Å². The quantitative estimate of drug-likeness (QED) is 0.395. The van der Waals surface area contributed by atoms with Crippen molar-refractivity contribution in [3.05, 3.63) is 36.9 Å². The van der Waals surface area contributed by atoms with Gasteiger partial charge in [0.25, 0.3) is 0 Å². The minimum atomic E-state index is -0.0108. The Kier molecular flexibility index (Phi) is 8.98. The molecule has 1 saturated heterocycles. The summed E-state index contributed by atoms with van der Waals surface area (Å²) in [4.78, 5) is 7.14. The van der Waals surface area contributed by atoms with Crippen LogP contribution in [0.15, 0.2) is 41.9 Å². The predicted molar refractivity (Wildman–Crippen MR) is 112 cm³/mol. The summed E-state index contributed by atoms with van der Waals surface area (Å²) in [6, 6.07) is 8.09. The Hall–Kier alpha value is -2.21. The van der Waals surface area contributed by atoms with Crippen LogP contribution < -0.4 is 20.1 Å². The van der Waals surface area contributed by atoms with Crippen LogP contribution in [0.1, 0.15) is 26.7 Å². The number of hydrogen-bond acceptors (Lipinski definition) is 4. The molecule has 0 amide bonds. The number of aliphatic imine (C=N–C) groups is 1. The maximum absolute atomic E-state index is 5.94. The number of nitrogens with one attached hydrogen (secondary N) is 2. The van der Waals surface area contributed by atoms with E-state index in [0.717, 1.165) is 56.5 Å². The first-order chi connectivity index (χ1) is 13.1. The average Bonchev–Trinajstić information content (AvgIpc) is 2.68. The molecule has 2 N–H and O–H groups in total. The van der Waals surface area contributed by atoms with Gasteiger partial charge in [-0.2, -0.15) is 0 Å². The molecule has 1 aromatic carbocycles. The Balaban J connectivity index is 1.82. The van der Waals surface area contributed by atoms with Gasteiger partial charge >= 0.3 is 0 Å². The van der Waals surface area contributed by atoms with E-state index in [4.69, 9.17) is 14.5 Å². The highest BCUT2D eigenvalue weighted by Crippen LogP contribution is 2.18. The Labute approximate surface area is 163 Å². The first-order valence-electron chi connectivity index (χ1n) is 9.83. The number of nitrogens with zero attached hydrogens (tertiary/aromatic N) is 2. The van der Waals surface area contributed by atoms with Gasteiger partial charge in [-0.15, -0.1) is 6.58 Å². The molecule has 0 radical (unpaired) electrons. The molecule has 1 fully saturated rings. The van der Waals surface area contributed by atoms with E-state index < -0.39 is 0 Å². The second kappa shape index (κ2) is 11.5. The van der Waals surface area contributed by atoms with E-state index in [9.17, 15) is 0 Å². The van der Waals surface area contributed by atoms with Crippen LogP contribution in [0, 0.1) is 0 Å². The molecule has 0 spiro atoms. The van der Waals surface area contributed by atoms with E-state index >= 15 is 0 Å². The van der Waals surface area contributed by atoms with Crippen molar-refractivity contribution in [2.45, 2.75) is 38.8 Å². The van der Waals surface area contributed by atoms with Gasteiger partial charge in [-0.25, -0.2) is 4.99 Å². The van der Waals surface area contributed by atoms with Crippen LogP contribution in [0.3, 0.4) is 0 Å². The lowest BCUT2D eigenvalue weighted by Crippen LogP contribution is -2.48. The van der Waals surface area contributed by atoms with Crippen LogP contribution in [-0.4, -0.2) is 62.8 Å². The zero-order valence-electron chi connectivity index (χ0n) is 16.9. The van der Waals surface area contributed by atoms with Crippen molar-refractivity contribution in [3.63, 3.8) is 0 Å². The van der Waals surface area contributed by atoms with Crippen LogP contribution in [0.25, 0.3) is 0 Å². The van der Waals surface area contributed by atoms with Gasteiger partial charge in [0.1, 0.15) is 17.6 Å². The third-order valence-electron chi connectivity index (χ3n) is 4.56. The van der Waals surface area contributed by atoms with Crippen molar-refractivity contribution >= 4 is 5.96 Å². The predicted octanol–water partition coefficient (Wildman–Crippen LogP) is 2.67. The SMILES string of the molecule is C=CCN1CCC(NC(=NCC(C)Oc2ccc(OC)cc2)NCC)CC1. The number of benzene rings is 1. The smallest absolute Gasteiger partial charge is 0.191 e. The lowest BCUT2D eigenvalue weighted by Gasteiger charge is -2.32. The molecule has 1 aliphatic rings. The van der Waals surface area contributed by atoms with Crippen molar-refractivity contribution in [2.75, 3.05) is 39.8 Å². The number of guanidine groups is 1. The maximum atomic E-state index is 5.94. The van der Waals surface area contributed by atoms with Gasteiger partial charge in [-0.1, -0.05) is 6.08 Å². The highest BCUT2D eigenvalue weighted by atomic mass is 16.5. The van der Waals surface area contributed by atoms with Crippen LogP contribution in [-0.2, 0) is 0 Å². The number of likely N-dealkylation sites (tertiary alicyclic amines) is 1. The molecule has 0 bridgehead atoms. The normalized spacial score (nSPS) is 17.2. The maximum Gasteiger partial charge on any atom is 0.191 e. The van der Waals surface area contributed by atoms with Crippen molar-refractivity contribution in [3.8, 4) is 11.5 Å². The van der Waals surface area contributed by atoms with E-state index in [2.05, 4.69) is 29.0 Å². The van der Waals surface area contributed by atoms with E-state index in [1.54, 1.807) is 7.11 Å². The van der Waals surface area contributed by atoms with Crippen molar-refractivity contribution in [2.24, 2.45) is 4.99 Å². The molecule has 6 heteroatoms. The Morgan fingerprint density at radius 2 is 1.96 bits per heavy atom. The molecule has 27 heavy (non-hydrogen) atoms. The molecule has 1 aromatic rings. The summed E-state index contributed by atoms with van der Waals surface area (Å²) in [5, 5.41) is 6.91. The second-order valence-corrected chi connectivity index (χ2v) is 6.83. The molecule has 1 heterocycles. The fourth-order valence-electron chi connectivity index (χ4n) is 3.10. The highest BCUT2D eigenvalue weighted by Gasteiger charge is 2.19. The van der Waals surface area contributed by atoms with Gasteiger partial charge in [0.2, 0.25) is 0 Å². The molecule has 0 aliphatic carbocycles. The van der Waals surface area contributed by atoms with E-state index in [-0.39, 0.29) is 6.10 Å². The minimum Gasteiger partial charge on any atom is -0.497 e. The minimum absolute atomic E-state index is 0.0108. The number of hydrogen-bond donors (Lipinski definition) is 2. The van der Waals surface area contributed by atoms with Crippen LogP contribution in [0.5, 0.6) is 11.5 Å².